The zero-order valence-corrected chi connectivity index (χ0v) is 11.8. The van der Waals surface area contributed by atoms with Gasteiger partial charge in [0.05, 0.1) is 6.61 Å². The lowest BCUT2D eigenvalue weighted by Gasteiger charge is -2.48. The van der Waals surface area contributed by atoms with E-state index in [1.165, 1.54) is 58.3 Å². The lowest BCUT2D eigenvalue weighted by atomic mass is 9.73. The zero-order valence-electron chi connectivity index (χ0n) is 11.8. The van der Waals surface area contributed by atoms with Gasteiger partial charge < -0.3 is 10.1 Å². The second-order valence-electron chi connectivity index (χ2n) is 6.72. The Kier molecular flexibility index (Phi) is 3.92. The van der Waals surface area contributed by atoms with Crippen LogP contribution >= 0.6 is 0 Å². The van der Waals surface area contributed by atoms with Crippen molar-refractivity contribution in [2.24, 2.45) is 11.3 Å². The van der Waals surface area contributed by atoms with Gasteiger partial charge in [0.1, 0.15) is 0 Å². The van der Waals surface area contributed by atoms with E-state index in [-0.39, 0.29) is 0 Å². The van der Waals surface area contributed by atoms with Crippen LogP contribution in [0.3, 0.4) is 0 Å². The molecule has 0 amide bonds. The Bertz CT molecular complexity index is 264. The predicted octanol–water partition coefficient (Wildman–Crippen LogP) is 1.88. The first kappa shape index (κ1) is 12.9. The molecule has 3 fully saturated rings. The van der Waals surface area contributed by atoms with E-state index in [4.69, 9.17) is 4.74 Å². The minimum Gasteiger partial charge on any atom is -0.381 e. The van der Waals surface area contributed by atoms with E-state index in [1.807, 2.05) is 0 Å². The first-order valence-electron chi connectivity index (χ1n) is 7.82. The summed E-state index contributed by atoms with van der Waals surface area (Å²) in [5.41, 5.74) is 0.588. The maximum Gasteiger partial charge on any atom is 0.0509 e. The van der Waals surface area contributed by atoms with E-state index < -0.39 is 0 Å². The highest BCUT2D eigenvalue weighted by Gasteiger charge is 2.39. The average Bonchev–Trinajstić information content (AvgIpc) is 2.93. The molecular weight excluding hydrogens is 224 g/mol. The molecule has 0 bridgehead atoms. The highest BCUT2D eigenvalue weighted by atomic mass is 16.5. The van der Waals surface area contributed by atoms with Crippen molar-refractivity contribution in [1.82, 2.24) is 10.2 Å². The zero-order chi connectivity index (χ0) is 12.4. The van der Waals surface area contributed by atoms with Crippen LogP contribution in [0.2, 0.25) is 0 Å². The Morgan fingerprint density at radius 1 is 1.33 bits per heavy atom. The highest BCUT2D eigenvalue weighted by molar-refractivity contribution is 4.93. The minimum atomic E-state index is 0.588. The molecule has 104 valence electrons. The first-order chi connectivity index (χ1) is 8.79. The molecule has 3 atom stereocenters. The second kappa shape index (κ2) is 5.48. The van der Waals surface area contributed by atoms with Crippen molar-refractivity contribution in [2.45, 2.75) is 45.1 Å². The smallest absolute Gasteiger partial charge is 0.0509 e. The number of piperidine rings is 2. The number of hydrogen-bond acceptors (Lipinski definition) is 3. The molecule has 18 heavy (non-hydrogen) atoms. The Labute approximate surface area is 111 Å². The van der Waals surface area contributed by atoms with Gasteiger partial charge in [0.15, 0.2) is 0 Å². The first-order valence-corrected chi connectivity index (χ1v) is 7.82. The van der Waals surface area contributed by atoms with Gasteiger partial charge in [0.25, 0.3) is 0 Å². The fourth-order valence-electron chi connectivity index (χ4n) is 4.20. The van der Waals surface area contributed by atoms with Gasteiger partial charge in [-0.1, -0.05) is 0 Å². The third-order valence-corrected chi connectivity index (χ3v) is 5.47. The molecule has 3 unspecified atom stereocenters. The number of likely N-dealkylation sites (tertiary alicyclic amines) is 1. The van der Waals surface area contributed by atoms with E-state index in [1.54, 1.807) is 0 Å². The van der Waals surface area contributed by atoms with Crippen LogP contribution in [0, 0.1) is 11.3 Å². The number of rotatable bonds is 2. The van der Waals surface area contributed by atoms with Crippen LogP contribution < -0.4 is 5.32 Å². The highest BCUT2D eigenvalue weighted by Crippen LogP contribution is 2.37. The molecule has 1 N–H and O–H groups in total. The van der Waals surface area contributed by atoms with Crippen molar-refractivity contribution < 1.29 is 4.74 Å². The molecule has 0 aliphatic carbocycles. The van der Waals surface area contributed by atoms with Crippen LogP contribution in [0.15, 0.2) is 0 Å². The van der Waals surface area contributed by atoms with E-state index in [9.17, 15) is 0 Å². The van der Waals surface area contributed by atoms with Crippen LogP contribution in [-0.4, -0.2) is 50.3 Å². The van der Waals surface area contributed by atoms with Gasteiger partial charge in [-0.15, -0.1) is 0 Å². The standard InChI is InChI=1S/C15H28N2O/c1-13(14-4-9-18-10-14)17-8-3-6-15(12-17)5-2-7-16-11-15/h13-14,16H,2-12H2,1H3. The molecule has 0 aromatic carbocycles. The lowest BCUT2D eigenvalue weighted by Crippen LogP contribution is -2.54. The summed E-state index contributed by atoms with van der Waals surface area (Å²) in [5.74, 6) is 0.775. The fraction of sp³-hybridized carbons (Fsp3) is 1.00. The van der Waals surface area contributed by atoms with Crippen LogP contribution in [0.25, 0.3) is 0 Å². The summed E-state index contributed by atoms with van der Waals surface area (Å²) < 4.78 is 5.57. The van der Waals surface area contributed by atoms with Gasteiger partial charge in [-0.3, -0.25) is 4.90 Å². The Morgan fingerprint density at radius 3 is 2.94 bits per heavy atom. The summed E-state index contributed by atoms with van der Waals surface area (Å²) in [6.07, 6.45) is 6.89. The fourth-order valence-corrected chi connectivity index (χ4v) is 4.20. The van der Waals surface area contributed by atoms with Crippen molar-refractivity contribution in [3.05, 3.63) is 0 Å². The molecular formula is C15H28N2O. The van der Waals surface area contributed by atoms with Gasteiger partial charge >= 0.3 is 0 Å². The summed E-state index contributed by atoms with van der Waals surface area (Å²) in [7, 11) is 0. The summed E-state index contributed by atoms with van der Waals surface area (Å²) >= 11 is 0. The maximum absolute atomic E-state index is 5.57. The van der Waals surface area contributed by atoms with Crippen molar-refractivity contribution in [3.8, 4) is 0 Å². The molecule has 3 saturated heterocycles. The normalized spacial score (nSPS) is 40.2. The molecule has 3 aliphatic rings. The van der Waals surface area contributed by atoms with Gasteiger partial charge in [-0.05, 0) is 63.5 Å². The topological polar surface area (TPSA) is 24.5 Å². The van der Waals surface area contributed by atoms with Crippen molar-refractivity contribution in [1.29, 1.82) is 0 Å². The van der Waals surface area contributed by atoms with Crippen LogP contribution in [0.4, 0.5) is 0 Å². The van der Waals surface area contributed by atoms with Crippen molar-refractivity contribution in [3.63, 3.8) is 0 Å². The van der Waals surface area contributed by atoms with Gasteiger partial charge in [0.2, 0.25) is 0 Å². The summed E-state index contributed by atoms with van der Waals surface area (Å²) in [6.45, 7) is 9.50. The molecule has 0 radical (unpaired) electrons. The SMILES string of the molecule is CC(C1CCOC1)N1CCCC2(CCCNC2)C1. The molecule has 0 aromatic rings. The van der Waals surface area contributed by atoms with E-state index in [2.05, 4.69) is 17.1 Å². The number of hydrogen-bond donors (Lipinski definition) is 1. The average molecular weight is 252 g/mol. The molecule has 3 heteroatoms. The lowest BCUT2D eigenvalue weighted by molar-refractivity contribution is 0.0230. The summed E-state index contributed by atoms with van der Waals surface area (Å²) in [4.78, 5) is 2.76. The molecule has 3 heterocycles. The molecule has 3 aliphatic heterocycles. The van der Waals surface area contributed by atoms with E-state index in [0.717, 1.165) is 19.1 Å². The van der Waals surface area contributed by atoms with Gasteiger partial charge in [0, 0.05) is 25.7 Å². The van der Waals surface area contributed by atoms with Crippen molar-refractivity contribution in [2.75, 3.05) is 39.4 Å². The number of nitrogens with zero attached hydrogens (tertiary/aromatic N) is 1. The summed E-state index contributed by atoms with van der Waals surface area (Å²) in [5, 5.41) is 3.62. The molecule has 3 nitrogen and oxygen atoms in total. The van der Waals surface area contributed by atoms with Crippen LogP contribution in [0.5, 0.6) is 0 Å². The van der Waals surface area contributed by atoms with Crippen LogP contribution in [0.1, 0.15) is 39.0 Å². The van der Waals surface area contributed by atoms with Gasteiger partial charge in [-0.25, -0.2) is 0 Å². The monoisotopic (exact) mass is 252 g/mol. The van der Waals surface area contributed by atoms with Gasteiger partial charge in [-0.2, -0.15) is 0 Å². The minimum absolute atomic E-state index is 0.588. The quantitative estimate of drug-likeness (QED) is 0.812. The Morgan fingerprint density at radius 2 is 2.22 bits per heavy atom. The largest absolute Gasteiger partial charge is 0.381 e. The third kappa shape index (κ3) is 2.59. The van der Waals surface area contributed by atoms with E-state index in [0.29, 0.717) is 11.5 Å². The Hall–Kier alpha value is -0.120. The number of ether oxygens (including phenoxy) is 1. The summed E-state index contributed by atoms with van der Waals surface area (Å²) in [6, 6.07) is 0.714. The molecule has 0 saturated carbocycles. The Balaban J connectivity index is 1.62. The second-order valence-corrected chi connectivity index (χ2v) is 6.72. The third-order valence-electron chi connectivity index (χ3n) is 5.47. The van der Waals surface area contributed by atoms with E-state index >= 15 is 0 Å². The predicted molar refractivity (Wildman–Crippen MR) is 73.7 cm³/mol. The van der Waals surface area contributed by atoms with Crippen LogP contribution in [-0.2, 0) is 4.74 Å². The molecule has 3 rings (SSSR count). The number of nitrogens with one attached hydrogen (secondary N) is 1. The molecule has 1 spiro atoms. The maximum atomic E-state index is 5.57. The molecule has 0 aromatic heterocycles. The van der Waals surface area contributed by atoms with Crippen molar-refractivity contribution >= 4 is 0 Å².